The Morgan fingerprint density at radius 3 is 2.73 bits per heavy atom. The van der Waals surface area contributed by atoms with Crippen molar-refractivity contribution in [3.63, 3.8) is 0 Å². The average molecular weight is 394 g/mol. The van der Waals surface area contributed by atoms with E-state index in [1.807, 2.05) is 0 Å². The minimum absolute atomic E-state index is 0.0679. The first-order valence-electron chi connectivity index (χ1n) is 7.88. The van der Waals surface area contributed by atoms with Crippen molar-refractivity contribution in [1.82, 2.24) is 0 Å². The van der Waals surface area contributed by atoms with Crippen molar-refractivity contribution in [1.29, 1.82) is 0 Å². The summed E-state index contributed by atoms with van der Waals surface area (Å²) in [6.45, 7) is 0.381. The molecule has 0 radical (unpaired) electrons. The van der Waals surface area contributed by atoms with Crippen LogP contribution in [0, 0.1) is 5.92 Å². The molecule has 1 atom stereocenters. The fourth-order valence-electron chi connectivity index (χ4n) is 2.92. The number of anilines is 1. The van der Waals surface area contributed by atoms with Crippen LogP contribution in [0.1, 0.15) is 6.42 Å². The van der Waals surface area contributed by atoms with Gasteiger partial charge in [0.1, 0.15) is 5.75 Å². The zero-order valence-electron chi connectivity index (χ0n) is 13.4. The van der Waals surface area contributed by atoms with Crippen LogP contribution in [-0.2, 0) is 9.59 Å². The minimum Gasteiger partial charge on any atom is -0.454 e. The molecule has 0 bridgehead atoms. The summed E-state index contributed by atoms with van der Waals surface area (Å²) in [5.41, 5.74) is 0.652. The first-order valence-corrected chi connectivity index (χ1v) is 8.63. The maximum absolute atomic E-state index is 12.4. The molecule has 2 aliphatic heterocycles. The van der Waals surface area contributed by atoms with Crippen molar-refractivity contribution in [2.45, 2.75) is 6.42 Å². The van der Waals surface area contributed by atoms with Crippen LogP contribution >= 0.6 is 23.2 Å². The normalized spacial score (nSPS) is 18.3. The van der Waals surface area contributed by atoms with Gasteiger partial charge < -0.3 is 19.1 Å². The monoisotopic (exact) mass is 393 g/mol. The van der Waals surface area contributed by atoms with Gasteiger partial charge in [0.05, 0.1) is 10.9 Å². The Morgan fingerprint density at radius 2 is 1.92 bits per heavy atom. The van der Waals surface area contributed by atoms with Crippen molar-refractivity contribution in [2.24, 2.45) is 5.92 Å². The third kappa shape index (κ3) is 3.18. The SMILES string of the molecule is O=C(Oc1ccc(Cl)cc1Cl)C1CC(=O)N(c2ccc3c(c2)OCO3)C1. The van der Waals surface area contributed by atoms with Gasteiger partial charge >= 0.3 is 5.97 Å². The lowest BCUT2D eigenvalue weighted by Crippen LogP contribution is -2.27. The quantitative estimate of drug-likeness (QED) is 0.587. The molecule has 134 valence electrons. The van der Waals surface area contributed by atoms with E-state index in [0.717, 1.165) is 0 Å². The largest absolute Gasteiger partial charge is 0.454 e. The van der Waals surface area contributed by atoms with E-state index in [0.29, 0.717) is 22.2 Å². The molecule has 2 aliphatic rings. The molecule has 2 aromatic rings. The van der Waals surface area contributed by atoms with Crippen molar-refractivity contribution in [2.75, 3.05) is 18.2 Å². The predicted octanol–water partition coefficient (Wildman–Crippen LogP) is 3.68. The molecule has 0 saturated carbocycles. The Bertz CT molecular complexity index is 901. The molecule has 2 heterocycles. The van der Waals surface area contributed by atoms with Crippen LogP contribution in [0.15, 0.2) is 36.4 Å². The maximum Gasteiger partial charge on any atom is 0.316 e. The lowest BCUT2D eigenvalue weighted by molar-refractivity contribution is -0.139. The molecule has 4 rings (SSSR count). The fourth-order valence-corrected chi connectivity index (χ4v) is 3.36. The summed E-state index contributed by atoms with van der Waals surface area (Å²) in [4.78, 5) is 26.3. The van der Waals surface area contributed by atoms with Gasteiger partial charge in [0.2, 0.25) is 12.7 Å². The van der Waals surface area contributed by atoms with E-state index >= 15 is 0 Å². The number of halogens is 2. The van der Waals surface area contributed by atoms with Crippen molar-refractivity contribution < 1.29 is 23.8 Å². The number of hydrogen-bond donors (Lipinski definition) is 0. The number of fused-ring (bicyclic) bond motifs is 1. The molecule has 1 saturated heterocycles. The third-order valence-corrected chi connectivity index (χ3v) is 4.76. The van der Waals surface area contributed by atoms with Gasteiger partial charge in [-0.15, -0.1) is 0 Å². The summed E-state index contributed by atoms with van der Waals surface area (Å²) in [6, 6.07) is 9.82. The molecule has 8 heteroatoms. The Balaban J connectivity index is 1.48. The van der Waals surface area contributed by atoms with Crippen molar-refractivity contribution >= 4 is 40.8 Å². The number of carbonyl (C=O) groups excluding carboxylic acids is 2. The van der Waals surface area contributed by atoms with E-state index < -0.39 is 11.9 Å². The molecule has 0 aliphatic carbocycles. The zero-order chi connectivity index (χ0) is 18.3. The molecule has 0 N–H and O–H groups in total. The highest BCUT2D eigenvalue weighted by Gasteiger charge is 2.37. The highest BCUT2D eigenvalue weighted by atomic mass is 35.5. The van der Waals surface area contributed by atoms with Crippen LogP contribution in [0.4, 0.5) is 5.69 Å². The van der Waals surface area contributed by atoms with Gasteiger partial charge in [0.25, 0.3) is 0 Å². The maximum atomic E-state index is 12.4. The summed E-state index contributed by atoms with van der Waals surface area (Å²) in [5.74, 6) is 0.177. The number of benzene rings is 2. The molecular formula is C18H13Cl2NO5. The van der Waals surface area contributed by atoms with Crippen LogP contribution < -0.4 is 19.1 Å². The minimum atomic E-state index is -0.584. The Hall–Kier alpha value is -2.44. The molecule has 0 aromatic heterocycles. The van der Waals surface area contributed by atoms with Crippen LogP contribution in [-0.4, -0.2) is 25.2 Å². The second-order valence-corrected chi connectivity index (χ2v) is 6.78. The van der Waals surface area contributed by atoms with Crippen molar-refractivity contribution in [3.8, 4) is 17.2 Å². The lowest BCUT2D eigenvalue weighted by atomic mass is 10.1. The second-order valence-electron chi connectivity index (χ2n) is 5.94. The van der Waals surface area contributed by atoms with Gasteiger partial charge in [-0.1, -0.05) is 23.2 Å². The van der Waals surface area contributed by atoms with E-state index in [-0.39, 0.29) is 36.4 Å². The summed E-state index contributed by atoms with van der Waals surface area (Å²) in [7, 11) is 0. The number of rotatable bonds is 3. The first-order chi connectivity index (χ1) is 12.5. The van der Waals surface area contributed by atoms with E-state index in [9.17, 15) is 9.59 Å². The van der Waals surface area contributed by atoms with E-state index in [1.54, 1.807) is 24.3 Å². The van der Waals surface area contributed by atoms with Gasteiger partial charge in [0, 0.05) is 29.7 Å². The molecule has 1 fully saturated rings. The van der Waals surface area contributed by atoms with Crippen LogP contribution in [0.25, 0.3) is 0 Å². The average Bonchev–Trinajstić information content (AvgIpc) is 3.23. The number of carbonyl (C=O) groups is 2. The lowest BCUT2D eigenvalue weighted by Gasteiger charge is -2.17. The van der Waals surface area contributed by atoms with Gasteiger partial charge in [-0.05, 0) is 30.3 Å². The van der Waals surface area contributed by atoms with Crippen LogP contribution in [0.2, 0.25) is 10.0 Å². The number of esters is 1. The molecule has 2 aromatic carbocycles. The van der Waals surface area contributed by atoms with Crippen LogP contribution in [0.5, 0.6) is 17.2 Å². The van der Waals surface area contributed by atoms with Gasteiger partial charge in [-0.25, -0.2) is 0 Å². The summed E-state index contributed by atoms with van der Waals surface area (Å²) in [6.07, 6.45) is 0.0679. The molecular weight excluding hydrogens is 381 g/mol. The zero-order valence-corrected chi connectivity index (χ0v) is 14.9. The van der Waals surface area contributed by atoms with E-state index in [4.69, 9.17) is 37.4 Å². The Labute approximate surface area is 159 Å². The molecule has 0 spiro atoms. The summed E-state index contributed by atoms with van der Waals surface area (Å²) < 4.78 is 15.9. The van der Waals surface area contributed by atoms with Crippen molar-refractivity contribution in [3.05, 3.63) is 46.4 Å². The molecule has 6 nitrogen and oxygen atoms in total. The summed E-state index contributed by atoms with van der Waals surface area (Å²) >= 11 is 11.9. The predicted molar refractivity (Wildman–Crippen MR) is 95.1 cm³/mol. The smallest absolute Gasteiger partial charge is 0.316 e. The van der Waals surface area contributed by atoms with Gasteiger partial charge in [-0.2, -0.15) is 0 Å². The standard InChI is InChI=1S/C18H13Cl2NO5/c19-11-1-3-14(13(20)6-11)26-18(23)10-5-17(22)21(8-10)12-2-4-15-16(7-12)25-9-24-15/h1-4,6-7,10H,5,8-9H2. The van der Waals surface area contributed by atoms with Gasteiger partial charge in [0.15, 0.2) is 11.5 Å². The van der Waals surface area contributed by atoms with E-state index in [2.05, 4.69) is 0 Å². The molecule has 1 unspecified atom stereocenters. The highest BCUT2D eigenvalue weighted by Crippen LogP contribution is 2.37. The number of amides is 1. The van der Waals surface area contributed by atoms with Crippen LogP contribution in [0.3, 0.4) is 0 Å². The second kappa shape index (κ2) is 6.70. The van der Waals surface area contributed by atoms with Gasteiger partial charge in [-0.3, -0.25) is 9.59 Å². The first kappa shape index (κ1) is 17.0. The Kier molecular flexibility index (Phi) is 4.38. The highest BCUT2D eigenvalue weighted by molar-refractivity contribution is 6.35. The molecule has 1 amide bonds. The Morgan fingerprint density at radius 1 is 1.12 bits per heavy atom. The number of ether oxygens (including phenoxy) is 3. The fraction of sp³-hybridized carbons (Fsp3) is 0.222. The topological polar surface area (TPSA) is 65.1 Å². The third-order valence-electron chi connectivity index (χ3n) is 4.23. The number of nitrogens with zero attached hydrogens (tertiary/aromatic N) is 1. The molecule has 26 heavy (non-hydrogen) atoms. The number of hydrogen-bond acceptors (Lipinski definition) is 5. The summed E-state index contributed by atoms with van der Waals surface area (Å²) in [5, 5.41) is 0.683. The van der Waals surface area contributed by atoms with E-state index in [1.165, 1.54) is 17.0 Å².